The Balaban J connectivity index is 1.77. The van der Waals surface area contributed by atoms with E-state index in [1.807, 2.05) is 45.9 Å². The number of hydrogen-bond acceptors (Lipinski definition) is 4. The standard InChI is InChI=1S/C21H26N2O4S/c1-14-5-6-15(2)20(11-14)22-21(24)18-7-9-19(10-8-18)28(25,26)23-12-16(3)27-17(4)13-23/h5-11,16-17H,12-13H2,1-4H3,(H,22,24)/t16-,17-/m1/s1. The van der Waals surface area contributed by atoms with E-state index in [2.05, 4.69) is 5.32 Å². The van der Waals surface area contributed by atoms with Crippen LogP contribution in [0.25, 0.3) is 0 Å². The molecule has 0 aromatic heterocycles. The van der Waals surface area contributed by atoms with Crippen molar-refractivity contribution in [2.75, 3.05) is 18.4 Å². The number of aryl methyl sites for hydroxylation is 2. The molecule has 1 N–H and O–H groups in total. The summed E-state index contributed by atoms with van der Waals surface area (Å²) in [6.45, 7) is 8.25. The number of sulfonamides is 1. The van der Waals surface area contributed by atoms with Crippen LogP contribution in [0.3, 0.4) is 0 Å². The van der Waals surface area contributed by atoms with E-state index in [1.165, 1.54) is 16.4 Å². The van der Waals surface area contributed by atoms with Gasteiger partial charge >= 0.3 is 0 Å². The zero-order valence-electron chi connectivity index (χ0n) is 16.6. The van der Waals surface area contributed by atoms with Crippen LogP contribution >= 0.6 is 0 Å². The van der Waals surface area contributed by atoms with Crippen LogP contribution in [-0.4, -0.2) is 43.9 Å². The molecule has 1 aliphatic rings. The lowest BCUT2D eigenvalue weighted by atomic mass is 10.1. The van der Waals surface area contributed by atoms with E-state index in [4.69, 9.17) is 4.74 Å². The van der Waals surface area contributed by atoms with E-state index >= 15 is 0 Å². The van der Waals surface area contributed by atoms with E-state index in [9.17, 15) is 13.2 Å². The fraction of sp³-hybridized carbons (Fsp3) is 0.381. The van der Waals surface area contributed by atoms with Crippen molar-refractivity contribution in [3.05, 3.63) is 59.2 Å². The fourth-order valence-corrected chi connectivity index (χ4v) is 4.91. The minimum atomic E-state index is -3.62. The van der Waals surface area contributed by atoms with Gasteiger partial charge < -0.3 is 10.1 Å². The molecule has 1 saturated heterocycles. The number of benzene rings is 2. The Morgan fingerprint density at radius 1 is 1.04 bits per heavy atom. The summed E-state index contributed by atoms with van der Waals surface area (Å²) in [5, 5.41) is 2.89. The van der Waals surface area contributed by atoms with Gasteiger partial charge in [0, 0.05) is 24.3 Å². The molecule has 3 rings (SSSR count). The number of carbonyl (C=O) groups excluding carboxylic acids is 1. The van der Waals surface area contributed by atoms with Gasteiger partial charge in [-0.2, -0.15) is 4.31 Å². The molecule has 6 nitrogen and oxygen atoms in total. The molecule has 2 atom stereocenters. The molecule has 1 amide bonds. The van der Waals surface area contributed by atoms with Crippen LogP contribution in [0, 0.1) is 13.8 Å². The van der Waals surface area contributed by atoms with Gasteiger partial charge in [0.2, 0.25) is 10.0 Å². The summed E-state index contributed by atoms with van der Waals surface area (Å²) in [6.07, 6.45) is -0.303. The average molecular weight is 403 g/mol. The van der Waals surface area contributed by atoms with E-state index in [0.29, 0.717) is 18.7 Å². The Bertz CT molecular complexity index is 960. The molecule has 0 unspecified atom stereocenters. The highest BCUT2D eigenvalue weighted by Gasteiger charge is 2.32. The molecule has 0 bridgehead atoms. The summed E-state index contributed by atoms with van der Waals surface area (Å²) in [4.78, 5) is 12.7. The molecule has 2 aromatic rings. The van der Waals surface area contributed by atoms with Crippen molar-refractivity contribution < 1.29 is 17.9 Å². The molecule has 7 heteroatoms. The van der Waals surface area contributed by atoms with Crippen LogP contribution in [-0.2, 0) is 14.8 Å². The maximum atomic E-state index is 12.9. The summed E-state index contributed by atoms with van der Waals surface area (Å²) in [6, 6.07) is 11.9. The van der Waals surface area contributed by atoms with Crippen LogP contribution in [0.2, 0.25) is 0 Å². The molecule has 0 radical (unpaired) electrons. The maximum absolute atomic E-state index is 12.9. The number of nitrogens with one attached hydrogen (secondary N) is 1. The number of ether oxygens (including phenoxy) is 1. The average Bonchev–Trinajstić information content (AvgIpc) is 2.64. The number of morpholine rings is 1. The second-order valence-electron chi connectivity index (χ2n) is 7.38. The predicted molar refractivity (Wildman–Crippen MR) is 109 cm³/mol. The van der Waals surface area contributed by atoms with Crippen molar-refractivity contribution in [2.24, 2.45) is 0 Å². The summed E-state index contributed by atoms with van der Waals surface area (Å²) < 4.78 is 32.9. The second kappa shape index (κ2) is 8.03. The lowest BCUT2D eigenvalue weighted by Crippen LogP contribution is -2.48. The molecular formula is C21H26N2O4S. The second-order valence-corrected chi connectivity index (χ2v) is 9.31. The summed E-state index contributed by atoms with van der Waals surface area (Å²) in [5.41, 5.74) is 3.17. The van der Waals surface area contributed by atoms with Crippen LogP contribution in [0.5, 0.6) is 0 Å². The summed E-state index contributed by atoms with van der Waals surface area (Å²) >= 11 is 0. The van der Waals surface area contributed by atoms with Gasteiger partial charge in [-0.25, -0.2) is 8.42 Å². The zero-order chi connectivity index (χ0) is 20.5. The van der Waals surface area contributed by atoms with E-state index in [-0.39, 0.29) is 23.0 Å². The van der Waals surface area contributed by atoms with Crippen LogP contribution < -0.4 is 5.32 Å². The zero-order valence-corrected chi connectivity index (χ0v) is 17.4. The number of carbonyl (C=O) groups is 1. The predicted octanol–water partition coefficient (Wildman–Crippen LogP) is 3.35. The van der Waals surface area contributed by atoms with Crippen molar-refractivity contribution in [1.82, 2.24) is 4.31 Å². The van der Waals surface area contributed by atoms with Crippen LogP contribution in [0.1, 0.15) is 35.3 Å². The molecule has 150 valence electrons. The number of rotatable bonds is 4. The van der Waals surface area contributed by atoms with Gasteiger partial charge in [0.05, 0.1) is 17.1 Å². The van der Waals surface area contributed by atoms with Gasteiger partial charge in [-0.15, -0.1) is 0 Å². The minimum Gasteiger partial charge on any atom is -0.373 e. The van der Waals surface area contributed by atoms with Crippen LogP contribution in [0.4, 0.5) is 5.69 Å². The molecule has 0 saturated carbocycles. The first-order valence-electron chi connectivity index (χ1n) is 9.31. The van der Waals surface area contributed by atoms with Crippen molar-refractivity contribution in [3.63, 3.8) is 0 Å². The quantitative estimate of drug-likeness (QED) is 0.851. The molecule has 0 spiro atoms. The monoisotopic (exact) mass is 402 g/mol. The normalized spacial score (nSPS) is 20.7. The van der Waals surface area contributed by atoms with Crippen molar-refractivity contribution in [3.8, 4) is 0 Å². The number of nitrogens with zero attached hydrogens (tertiary/aromatic N) is 1. The van der Waals surface area contributed by atoms with Crippen molar-refractivity contribution >= 4 is 21.6 Å². The Morgan fingerprint density at radius 3 is 2.25 bits per heavy atom. The summed E-state index contributed by atoms with van der Waals surface area (Å²) in [5.74, 6) is -0.272. The van der Waals surface area contributed by atoms with E-state index in [1.54, 1.807) is 12.1 Å². The Kier molecular flexibility index (Phi) is 5.88. The highest BCUT2D eigenvalue weighted by Crippen LogP contribution is 2.22. The molecule has 1 aliphatic heterocycles. The third-order valence-electron chi connectivity index (χ3n) is 4.78. The van der Waals surface area contributed by atoms with Gasteiger partial charge in [-0.05, 0) is 69.2 Å². The molecular weight excluding hydrogens is 376 g/mol. The SMILES string of the molecule is Cc1ccc(C)c(NC(=O)c2ccc(S(=O)(=O)N3C[C@@H](C)O[C@H](C)C3)cc2)c1. The first kappa shape index (κ1) is 20.5. The summed E-state index contributed by atoms with van der Waals surface area (Å²) in [7, 11) is -3.62. The van der Waals surface area contributed by atoms with Gasteiger partial charge in [-0.1, -0.05) is 12.1 Å². The van der Waals surface area contributed by atoms with E-state index < -0.39 is 10.0 Å². The third-order valence-corrected chi connectivity index (χ3v) is 6.63. The first-order chi connectivity index (χ1) is 13.2. The highest BCUT2D eigenvalue weighted by atomic mass is 32.2. The van der Waals surface area contributed by atoms with Gasteiger partial charge in [-0.3, -0.25) is 4.79 Å². The maximum Gasteiger partial charge on any atom is 0.255 e. The highest BCUT2D eigenvalue weighted by molar-refractivity contribution is 7.89. The topological polar surface area (TPSA) is 75.7 Å². The van der Waals surface area contributed by atoms with Crippen molar-refractivity contribution in [2.45, 2.75) is 44.8 Å². The van der Waals surface area contributed by atoms with Gasteiger partial charge in [0.15, 0.2) is 0 Å². The molecule has 1 heterocycles. The molecule has 0 aliphatic carbocycles. The Labute approximate surface area is 166 Å². The Hall–Kier alpha value is -2.22. The molecule has 28 heavy (non-hydrogen) atoms. The van der Waals surface area contributed by atoms with Crippen molar-refractivity contribution in [1.29, 1.82) is 0 Å². The molecule has 2 aromatic carbocycles. The van der Waals surface area contributed by atoms with E-state index in [0.717, 1.165) is 16.8 Å². The number of amides is 1. The number of hydrogen-bond donors (Lipinski definition) is 1. The Morgan fingerprint density at radius 2 is 1.64 bits per heavy atom. The molecule has 1 fully saturated rings. The first-order valence-corrected chi connectivity index (χ1v) is 10.7. The third kappa shape index (κ3) is 4.43. The minimum absolute atomic E-state index is 0.152. The number of anilines is 1. The van der Waals surface area contributed by atoms with Gasteiger partial charge in [0.25, 0.3) is 5.91 Å². The van der Waals surface area contributed by atoms with Crippen LogP contribution in [0.15, 0.2) is 47.4 Å². The lowest BCUT2D eigenvalue weighted by Gasteiger charge is -2.34. The van der Waals surface area contributed by atoms with Gasteiger partial charge in [0.1, 0.15) is 0 Å². The lowest BCUT2D eigenvalue weighted by molar-refractivity contribution is -0.0440. The fourth-order valence-electron chi connectivity index (χ4n) is 3.32. The smallest absolute Gasteiger partial charge is 0.255 e. The largest absolute Gasteiger partial charge is 0.373 e.